The van der Waals surface area contributed by atoms with Crippen LogP contribution in [-0.4, -0.2) is 5.75 Å². The molecule has 0 fully saturated rings. The maximum absolute atomic E-state index is 13.9. The summed E-state index contributed by atoms with van der Waals surface area (Å²) in [5, 5.41) is 3.78. The minimum atomic E-state index is -0.0733. The van der Waals surface area contributed by atoms with E-state index in [1.165, 1.54) is 11.1 Å². The average molecular weight is 299 g/mol. The van der Waals surface area contributed by atoms with Gasteiger partial charge >= 0.3 is 0 Å². The lowest BCUT2D eigenvalue weighted by molar-refractivity contribution is 0.423. The van der Waals surface area contributed by atoms with Gasteiger partial charge in [0.1, 0.15) is 5.82 Å². The minimum Gasteiger partial charge on any atom is -0.303 e. The molecular formula is C18H18FNS. The fourth-order valence-electron chi connectivity index (χ4n) is 3.53. The van der Waals surface area contributed by atoms with E-state index < -0.39 is 0 Å². The van der Waals surface area contributed by atoms with Gasteiger partial charge in [-0.3, -0.25) is 0 Å². The standard InChI is InChI=1S/C18H18FNS/c19-15-7-3-6-14-17(10-11-21-18(14)15)20-16-9-8-12-4-1-2-5-13(12)16/h1-7,16-17,20H,8-11H2. The van der Waals surface area contributed by atoms with Gasteiger partial charge in [-0.25, -0.2) is 4.39 Å². The summed E-state index contributed by atoms with van der Waals surface area (Å²) in [4.78, 5) is 0.840. The van der Waals surface area contributed by atoms with Gasteiger partial charge in [0.15, 0.2) is 0 Å². The summed E-state index contributed by atoms with van der Waals surface area (Å²) in [6.07, 6.45) is 3.36. The van der Waals surface area contributed by atoms with Gasteiger partial charge in [0.25, 0.3) is 0 Å². The quantitative estimate of drug-likeness (QED) is 0.867. The van der Waals surface area contributed by atoms with Crippen LogP contribution in [0.2, 0.25) is 0 Å². The molecule has 0 spiro atoms. The van der Waals surface area contributed by atoms with Crippen LogP contribution in [0.4, 0.5) is 4.39 Å². The van der Waals surface area contributed by atoms with Gasteiger partial charge in [0.05, 0.1) is 0 Å². The van der Waals surface area contributed by atoms with Gasteiger partial charge < -0.3 is 5.32 Å². The zero-order valence-corrected chi connectivity index (χ0v) is 12.6. The van der Waals surface area contributed by atoms with E-state index in [2.05, 4.69) is 35.6 Å². The molecule has 1 N–H and O–H groups in total. The molecule has 3 heteroatoms. The van der Waals surface area contributed by atoms with Crippen molar-refractivity contribution in [1.29, 1.82) is 0 Å². The molecule has 21 heavy (non-hydrogen) atoms. The van der Waals surface area contributed by atoms with Crippen LogP contribution in [0.5, 0.6) is 0 Å². The summed E-state index contributed by atoms with van der Waals surface area (Å²) >= 11 is 1.65. The molecule has 0 saturated heterocycles. The van der Waals surface area contributed by atoms with Crippen molar-refractivity contribution in [3.8, 4) is 0 Å². The summed E-state index contributed by atoms with van der Waals surface area (Å²) in [6.45, 7) is 0. The first-order chi connectivity index (χ1) is 10.3. The Kier molecular flexibility index (Phi) is 3.48. The van der Waals surface area contributed by atoms with Gasteiger partial charge in [-0.2, -0.15) is 0 Å². The molecule has 2 aromatic rings. The fraction of sp³-hybridized carbons (Fsp3) is 0.333. The Morgan fingerprint density at radius 2 is 1.76 bits per heavy atom. The highest BCUT2D eigenvalue weighted by atomic mass is 32.2. The first-order valence-electron chi connectivity index (χ1n) is 7.58. The van der Waals surface area contributed by atoms with Crippen LogP contribution < -0.4 is 5.32 Å². The first kappa shape index (κ1) is 13.4. The number of halogens is 1. The largest absolute Gasteiger partial charge is 0.303 e. The number of benzene rings is 2. The molecule has 4 rings (SSSR count). The summed E-state index contributed by atoms with van der Waals surface area (Å²) in [6, 6.07) is 14.8. The Balaban J connectivity index is 1.62. The van der Waals surface area contributed by atoms with E-state index in [1.54, 1.807) is 17.8 Å². The van der Waals surface area contributed by atoms with Crippen LogP contribution in [0.1, 0.15) is 41.6 Å². The van der Waals surface area contributed by atoms with Gasteiger partial charge in [-0.1, -0.05) is 36.4 Å². The van der Waals surface area contributed by atoms with Crippen molar-refractivity contribution < 1.29 is 4.39 Å². The Morgan fingerprint density at radius 3 is 2.71 bits per heavy atom. The maximum atomic E-state index is 13.9. The topological polar surface area (TPSA) is 12.0 Å². The molecule has 2 atom stereocenters. The van der Waals surface area contributed by atoms with Gasteiger partial charge in [0, 0.05) is 17.0 Å². The number of nitrogens with one attached hydrogen (secondary N) is 1. The summed E-state index contributed by atoms with van der Waals surface area (Å²) in [5.41, 5.74) is 4.02. The predicted octanol–water partition coefficient (Wildman–Crippen LogP) is 4.64. The van der Waals surface area contributed by atoms with E-state index >= 15 is 0 Å². The zero-order valence-electron chi connectivity index (χ0n) is 11.8. The first-order valence-corrected chi connectivity index (χ1v) is 8.56. The van der Waals surface area contributed by atoms with E-state index in [0.717, 1.165) is 35.5 Å². The Morgan fingerprint density at radius 1 is 0.952 bits per heavy atom. The van der Waals surface area contributed by atoms with Crippen molar-refractivity contribution in [2.75, 3.05) is 5.75 Å². The van der Waals surface area contributed by atoms with Gasteiger partial charge in [-0.05, 0) is 47.8 Å². The number of rotatable bonds is 2. The van der Waals surface area contributed by atoms with E-state index in [9.17, 15) is 4.39 Å². The lowest BCUT2D eigenvalue weighted by atomic mass is 10.0. The third-order valence-electron chi connectivity index (χ3n) is 4.56. The molecular weight excluding hydrogens is 281 g/mol. The van der Waals surface area contributed by atoms with Crippen LogP contribution >= 0.6 is 11.8 Å². The van der Waals surface area contributed by atoms with Crippen molar-refractivity contribution in [2.45, 2.75) is 36.2 Å². The number of hydrogen-bond acceptors (Lipinski definition) is 2. The van der Waals surface area contributed by atoms with Crippen molar-refractivity contribution in [3.63, 3.8) is 0 Å². The van der Waals surface area contributed by atoms with Crippen LogP contribution in [-0.2, 0) is 6.42 Å². The Hall–Kier alpha value is -1.32. The highest BCUT2D eigenvalue weighted by Gasteiger charge is 2.28. The molecule has 1 aliphatic carbocycles. The second-order valence-electron chi connectivity index (χ2n) is 5.80. The third-order valence-corrected chi connectivity index (χ3v) is 5.72. The SMILES string of the molecule is Fc1cccc2c1SCCC2NC1CCc2ccccc21. The van der Waals surface area contributed by atoms with Crippen LogP contribution in [0.15, 0.2) is 47.4 Å². The predicted molar refractivity (Wildman–Crippen MR) is 85.1 cm³/mol. The van der Waals surface area contributed by atoms with E-state index in [0.29, 0.717) is 6.04 Å². The van der Waals surface area contributed by atoms with Crippen LogP contribution in [0.3, 0.4) is 0 Å². The highest BCUT2D eigenvalue weighted by Crippen LogP contribution is 2.40. The molecule has 1 nitrogen and oxygen atoms in total. The zero-order chi connectivity index (χ0) is 14.2. The molecule has 2 unspecified atom stereocenters. The van der Waals surface area contributed by atoms with Crippen molar-refractivity contribution in [2.24, 2.45) is 0 Å². The minimum absolute atomic E-state index is 0.0733. The lowest BCUT2D eigenvalue weighted by Crippen LogP contribution is -2.28. The fourth-order valence-corrected chi connectivity index (χ4v) is 4.67. The second kappa shape index (κ2) is 5.47. The summed E-state index contributed by atoms with van der Waals surface area (Å²) in [5.74, 6) is 0.913. The molecule has 1 heterocycles. The summed E-state index contributed by atoms with van der Waals surface area (Å²) < 4.78 is 13.9. The summed E-state index contributed by atoms with van der Waals surface area (Å²) in [7, 11) is 0. The van der Waals surface area contributed by atoms with Gasteiger partial charge in [-0.15, -0.1) is 11.8 Å². The Bertz CT molecular complexity index is 670. The molecule has 1 aliphatic heterocycles. The second-order valence-corrected chi connectivity index (χ2v) is 6.91. The Labute approximate surface area is 129 Å². The van der Waals surface area contributed by atoms with Crippen LogP contribution in [0, 0.1) is 5.82 Å². The lowest BCUT2D eigenvalue weighted by Gasteiger charge is -2.29. The molecule has 108 valence electrons. The maximum Gasteiger partial charge on any atom is 0.137 e. The van der Waals surface area contributed by atoms with Crippen LogP contribution in [0.25, 0.3) is 0 Å². The molecule has 0 amide bonds. The van der Waals surface area contributed by atoms with E-state index in [1.807, 2.05) is 6.07 Å². The van der Waals surface area contributed by atoms with Crippen molar-refractivity contribution >= 4 is 11.8 Å². The monoisotopic (exact) mass is 299 g/mol. The molecule has 0 aromatic heterocycles. The average Bonchev–Trinajstić information content (AvgIpc) is 2.92. The van der Waals surface area contributed by atoms with Crippen molar-refractivity contribution in [1.82, 2.24) is 5.32 Å². The highest BCUT2D eigenvalue weighted by molar-refractivity contribution is 7.99. The normalized spacial score (nSPS) is 23.7. The smallest absolute Gasteiger partial charge is 0.137 e. The molecule has 2 aliphatic rings. The van der Waals surface area contributed by atoms with E-state index in [-0.39, 0.29) is 11.9 Å². The number of hydrogen-bond donors (Lipinski definition) is 1. The van der Waals surface area contributed by atoms with Crippen molar-refractivity contribution in [3.05, 3.63) is 65.0 Å². The number of thioether (sulfide) groups is 1. The number of aryl methyl sites for hydroxylation is 1. The third kappa shape index (κ3) is 2.39. The molecule has 0 bridgehead atoms. The number of fused-ring (bicyclic) bond motifs is 2. The van der Waals surface area contributed by atoms with E-state index in [4.69, 9.17) is 0 Å². The van der Waals surface area contributed by atoms with Gasteiger partial charge in [0.2, 0.25) is 0 Å². The molecule has 2 aromatic carbocycles. The molecule has 0 radical (unpaired) electrons. The molecule has 0 saturated carbocycles.